The zero-order chi connectivity index (χ0) is 27.0. The fourth-order valence-corrected chi connectivity index (χ4v) is 4.43. The van der Waals surface area contributed by atoms with Crippen LogP contribution in [-0.2, 0) is 23.2 Å². The van der Waals surface area contributed by atoms with Gasteiger partial charge in [-0.1, -0.05) is 6.07 Å². The minimum atomic E-state index is -1.42. The van der Waals surface area contributed by atoms with Crippen molar-refractivity contribution in [3.05, 3.63) is 65.0 Å². The van der Waals surface area contributed by atoms with Crippen molar-refractivity contribution in [2.24, 2.45) is 12.8 Å². The number of amides is 3. The van der Waals surface area contributed by atoms with Gasteiger partial charge in [0.05, 0.1) is 24.5 Å². The SMILES string of the molecule is Cn1c(NC(=O)C2CC(F)CN2C(=O)Cn2nc(C(N)=O)c3cc(-c4ccnnc4)ccc32)nccc1=O. The lowest BCUT2D eigenvalue weighted by molar-refractivity contribution is -0.137. The number of halogens is 1. The third kappa shape index (κ3) is 4.58. The van der Waals surface area contributed by atoms with Crippen molar-refractivity contribution in [1.82, 2.24) is 34.4 Å². The van der Waals surface area contributed by atoms with E-state index in [4.69, 9.17) is 5.73 Å². The minimum absolute atomic E-state index is 0.0263. The zero-order valence-electron chi connectivity index (χ0n) is 20.1. The molecule has 1 saturated heterocycles. The van der Waals surface area contributed by atoms with Gasteiger partial charge in [0.1, 0.15) is 18.8 Å². The second-order valence-electron chi connectivity index (χ2n) is 8.78. The number of benzene rings is 1. The van der Waals surface area contributed by atoms with Crippen LogP contribution in [0.4, 0.5) is 10.3 Å². The first-order valence-electron chi connectivity index (χ1n) is 11.6. The maximum atomic E-state index is 14.4. The zero-order valence-corrected chi connectivity index (χ0v) is 20.1. The average Bonchev–Trinajstić information content (AvgIpc) is 3.48. The number of hydrogen-bond acceptors (Lipinski definition) is 8. The predicted octanol–water partition coefficient (Wildman–Crippen LogP) is 0.264. The van der Waals surface area contributed by atoms with Gasteiger partial charge in [0.2, 0.25) is 17.8 Å². The Kier molecular flexibility index (Phi) is 6.36. The summed E-state index contributed by atoms with van der Waals surface area (Å²) in [5.41, 5.74) is 7.07. The second-order valence-corrected chi connectivity index (χ2v) is 8.78. The number of primary amides is 1. The Morgan fingerprint density at radius 3 is 2.68 bits per heavy atom. The van der Waals surface area contributed by atoms with Crippen LogP contribution in [0.15, 0.2) is 53.7 Å². The maximum Gasteiger partial charge on any atom is 0.269 e. The van der Waals surface area contributed by atoms with Crippen LogP contribution < -0.4 is 16.6 Å². The van der Waals surface area contributed by atoms with E-state index in [1.54, 1.807) is 30.5 Å². The van der Waals surface area contributed by atoms with E-state index in [1.165, 1.54) is 30.2 Å². The summed E-state index contributed by atoms with van der Waals surface area (Å²) in [6.45, 7) is -0.655. The summed E-state index contributed by atoms with van der Waals surface area (Å²) in [7, 11) is 1.43. The van der Waals surface area contributed by atoms with Gasteiger partial charge in [0, 0.05) is 36.7 Å². The number of anilines is 1. The van der Waals surface area contributed by atoms with Gasteiger partial charge in [-0.05, 0) is 23.8 Å². The summed E-state index contributed by atoms with van der Waals surface area (Å²) in [6, 6.07) is 7.02. The molecule has 4 aromatic rings. The van der Waals surface area contributed by atoms with Crippen molar-refractivity contribution in [2.45, 2.75) is 25.2 Å². The smallest absolute Gasteiger partial charge is 0.269 e. The molecule has 3 amide bonds. The molecule has 2 atom stereocenters. The van der Waals surface area contributed by atoms with Crippen LogP contribution in [0.25, 0.3) is 22.0 Å². The molecule has 0 spiro atoms. The van der Waals surface area contributed by atoms with Gasteiger partial charge in [-0.3, -0.25) is 33.7 Å². The monoisotopic (exact) mass is 519 g/mol. The summed E-state index contributed by atoms with van der Waals surface area (Å²) in [6.07, 6.45) is 2.70. The molecule has 194 valence electrons. The first-order chi connectivity index (χ1) is 18.2. The number of carbonyl (C=O) groups is 3. The third-order valence-electron chi connectivity index (χ3n) is 6.36. The van der Waals surface area contributed by atoms with E-state index in [2.05, 4.69) is 25.6 Å². The van der Waals surface area contributed by atoms with E-state index >= 15 is 0 Å². The largest absolute Gasteiger partial charge is 0.364 e. The molecule has 14 heteroatoms. The quantitative estimate of drug-likeness (QED) is 0.365. The van der Waals surface area contributed by atoms with Gasteiger partial charge in [-0.25, -0.2) is 9.37 Å². The average molecular weight is 519 g/mol. The number of nitrogens with one attached hydrogen (secondary N) is 1. The fourth-order valence-electron chi connectivity index (χ4n) is 4.43. The number of nitrogens with two attached hydrogens (primary N) is 1. The fraction of sp³-hybridized carbons (Fsp3) is 0.250. The molecule has 0 saturated carbocycles. The Hall–Kier alpha value is -5.01. The molecule has 3 N–H and O–H groups in total. The van der Waals surface area contributed by atoms with Crippen molar-refractivity contribution in [3.8, 4) is 11.1 Å². The van der Waals surface area contributed by atoms with Gasteiger partial charge in [-0.15, -0.1) is 0 Å². The molecule has 1 aliphatic rings. The highest BCUT2D eigenvalue weighted by molar-refractivity contribution is 6.05. The first kappa shape index (κ1) is 24.7. The van der Waals surface area contributed by atoms with Crippen LogP contribution in [0.3, 0.4) is 0 Å². The molecule has 1 fully saturated rings. The van der Waals surface area contributed by atoms with Gasteiger partial charge < -0.3 is 10.6 Å². The molecule has 0 aliphatic carbocycles. The topological polar surface area (TPSA) is 171 Å². The molecule has 5 rings (SSSR count). The van der Waals surface area contributed by atoms with Crippen LogP contribution in [0.1, 0.15) is 16.9 Å². The van der Waals surface area contributed by atoms with Crippen LogP contribution in [0.5, 0.6) is 0 Å². The normalized spacial score (nSPS) is 17.1. The highest BCUT2D eigenvalue weighted by Gasteiger charge is 2.40. The Labute approximate surface area is 214 Å². The Balaban J connectivity index is 1.41. The summed E-state index contributed by atoms with van der Waals surface area (Å²) in [5, 5.41) is 14.8. The number of likely N-dealkylation sites (tertiary alicyclic amines) is 1. The summed E-state index contributed by atoms with van der Waals surface area (Å²) in [4.78, 5) is 55.3. The van der Waals surface area contributed by atoms with Crippen LogP contribution >= 0.6 is 0 Å². The van der Waals surface area contributed by atoms with Crippen molar-refractivity contribution in [2.75, 3.05) is 11.9 Å². The van der Waals surface area contributed by atoms with Crippen molar-refractivity contribution in [1.29, 1.82) is 0 Å². The molecular formula is C24H22FN9O4. The summed E-state index contributed by atoms with van der Waals surface area (Å²) in [5.74, 6) is -2.06. The minimum Gasteiger partial charge on any atom is -0.364 e. The Morgan fingerprint density at radius 2 is 1.95 bits per heavy atom. The number of carbonyl (C=O) groups excluding carboxylic acids is 3. The molecular weight excluding hydrogens is 497 g/mol. The van der Waals surface area contributed by atoms with Crippen molar-refractivity contribution < 1.29 is 18.8 Å². The van der Waals surface area contributed by atoms with Crippen LogP contribution in [-0.4, -0.2) is 70.9 Å². The molecule has 1 aromatic carbocycles. The molecule has 3 aromatic heterocycles. The lowest BCUT2D eigenvalue weighted by atomic mass is 10.0. The lowest BCUT2D eigenvalue weighted by Gasteiger charge is -2.23. The summed E-state index contributed by atoms with van der Waals surface area (Å²) >= 11 is 0. The molecule has 0 radical (unpaired) electrons. The number of alkyl halides is 1. The van der Waals surface area contributed by atoms with Crippen LogP contribution in [0.2, 0.25) is 0 Å². The number of aromatic nitrogens is 6. The van der Waals surface area contributed by atoms with Crippen molar-refractivity contribution in [3.63, 3.8) is 0 Å². The first-order valence-corrected chi connectivity index (χ1v) is 11.6. The van der Waals surface area contributed by atoms with E-state index in [0.29, 0.717) is 10.9 Å². The number of rotatable bonds is 6. The molecule has 0 bridgehead atoms. The highest BCUT2D eigenvalue weighted by atomic mass is 19.1. The lowest BCUT2D eigenvalue weighted by Crippen LogP contribution is -2.45. The van der Waals surface area contributed by atoms with E-state index in [1.807, 2.05) is 0 Å². The molecule has 2 unspecified atom stereocenters. The molecule has 38 heavy (non-hydrogen) atoms. The maximum absolute atomic E-state index is 14.4. The molecule has 13 nitrogen and oxygen atoms in total. The van der Waals surface area contributed by atoms with E-state index in [9.17, 15) is 23.6 Å². The van der Waals surface area contributed by atoms with E-state index in [0.717, 1.165) is 20.6 Å². The third-order valence-corrected chi connectivity index (χ3v) is 6.36. The number of hydrogen-bond donors (Lipinski definition) is 2. The Bertz CT molecular complexity index is 1620. The standard InChI is InChI=1S/C24H22FN9O4/c1-32-19(35)5-6-27-24(32)30-23(38)18-9-15(25)11-33(18)20(36)12-34-17-3-2-13(14-4-7-28-29-10-14)8-16(17)21(31-34)22(26)37/h2-8,10,15,18H,9,11-12H2,1H3,(H2,26,37)(H,27,30,38). The highest BCUT2D eigenvalue weighted by Crippen LogP contribution is 2.27. The Morgan fingerprint density at radius 1 is 1.13 bits per heavy atom. The van der Waals surface area contributed by atoms with Gasteiger partial charge in [0.15, 0.2) is 5.69 Å². The predicted molar refractivity (Wildman–Crippen MR) is 132 cm³/mol. The van der Waals surface area contributed by atoms with Gasteiger partial charge >= 0.3 is 0 Å². The summed E-state index contributed by atoms with van der Waals surface area (Å²) < 4.78 is 16.8. The van der Waals surface area contributed by atoms with Gasteiger partial charge in [0.25, 0.3) is 11.5 Å². The van der Waals surface area contributed by atoms with E-state index in [-0.39, 0.29) is 31.2 Å². The van der Waals surface area contributed by atoms with E-state index < -0.39 is 35.5 Å². The second kappa shape index (κ2) is 9.80. The van der Waals surface area contributed by atoms with Gasteiger partial charge in [-0.2, -0.15) is 15.3 Å². The van der Waals surface area contributed by atoms with Crippen molar-refractivity contribution >= 4 is 34.6 Å². The van der Waals surface area contributed by atoms with Crippen LogP contribution in [0, 0.1) is 0 Å². The number of fused-ring (bicyclic) bond motifs is 1. The molecule has 1 aliphatic heterocycles. The number of nitrogens with zero attached hydrogens (tertiary/aromatic N) is 7. The molecule has 4 heterocycles.